The Morgan fingerprint density at radius 3 is 2.52 bits per heavy atom. The molecule has 2 rings (SSSR count). The van der Waals surface area contributed by atoms with E-state index in [1.54, 1.807) is 4.90 Å². The summed E-state index contributed by atoms with van der Waals surface area (Å²) in [5.41, 5.74) is 0.482. The highest BCUT2D eigenvalue weighted by molar-refractivity contribution is 5.89. The molecule has 1 aliphatic rings. The molecule has 0 spiro atoms. The predicted octanol–water partition coefficient (Wildman–Crippen LogP) is 2.24. The number of urea groups is 1. The van der Waals surface area contributed by atoms with Gasteiger partial charge >= 0.3 is 12.0 Å². The number of benzene rings is 1. The van der Waals surface area contributed by atoms with Gasteiger partial charge in [0, 0.05) is 44.3 Å². The number of methoxy groups -OCH3 is 1. The van der Waals surface area contributed by atoms with Crippen LogP contribution in [0, 0.1) is 5.82 Å². The third-order valence-corrected chi connectivity index (χ3v) is 4.72. The van der Waals surface area contributed by atoms with Crippen molar-refractivity contribution in [3.05, 3.63) is 35.1 Å². The quantitative estimate of drug-likeness (QED) is 0.827. The monoisotopic (exact) mass is 351 g/mol. The third kappa shape index (κ3) is 4.92. The molecule has 2 amide bonds. The Labute approximate surface area is 147 Å². The van der Waals surface area contributed by atoms with Gasteiger partial charge in [0.15, 0.2) is 0 Å². The molecule has 1 saturated heterocycles. The number of carbonyl (C=O) groups is 2. The number of nitrogens with zero attached hydrogens (tertiary/aromatic N) is 2. The van der Waals surface area contributed by atoms with Gasteiger partial charge in [-0.15, -0.1) is 0 Å². The maximum Gasteiger partial charge on any atom is 0.337 e. The van der Waals surface area contributed by atoms with Crippen molar-refractivity contribution >= 4 is 12.0 Å². The van der Waals surface area contributed by atoms with Crippen molar-refractivity contribution in [1.29, 1.82) is 0 Å². The van der Waals surface area contributed by atoms with Gasteiger partial charge in [0.2, 0.25) is 0 Å². The molecule has 25 heavy (non-hydrogen) atoms. The molecule has 0 aromatic heterocycles. The molecule has 1 N–H and O–H groups in total. The minimum Gasteiger partial charge on any atom is -0.465 e. The summed E-state index contributed by atoms with van der Waals surface area (Å²) in [6, 6.07) is 4.43. The van der Waals surface area contributed by atoms with Crippen molar-refractivity contribution in [3.63, 3.8) is 0 Å². The first-order chi connectivity index (χ1) is 12.0. The van der Waals surface area contributed by atoms with Crippen molar-refractivity contribution in [2.24, 2.45) is 0 Å². The van der Waals surface area contributed by atoms with Crippen LogP contribution in [-0.2, 0) is 11.3 Å². The van der Waals surface area contributed by atoms with Crippen molar-refractivity contribution in [2.45, 2.75) is 32.9 Å². The molecular formula is C18H26FN3O3. The van der Waals surface area contributed by atoms with Gasteiger partial charge in [0.1, 0.15) is 5.82 Å². The summed E-state index contributed by atoms with van der Waals surface area (Å²) < 4.78 is 18.6. The second kappa shape index (κ2) is 8.80. The van der Waals surface area contributed by atoms with E-state index in [1.807, 2.05) is 0 Å². The van der Waals surface area contributed by atoms with Gasteiger partial charge in [-0.05, 0) is 25.5 Å². The molecular weight excluding hydrogens is 325 g/mol. The Kier molecular flexibility index (Phi) is 6.75. The lowest BCUT2D eigenvalue weighted by Gasteiger charge is -2.37. The zero-order chi connectivity index (χ0) is 18.4. The smallest absolute Gasteiger partial charge is 0.337 e. The third-order valence-electron chi connectivity index (χ3n) is 4.72. The zero-order valence-electron chi connectivity index (χ0n) is 15.0. The number of esters is 1. The maximum absolute atomic E-state index is 14.0. The topological polar surface area (TPSA) is 61.9 Å². The first-order valence-electron chi connectivity index (χ1n) is 8.59. The molecule has 1 aromatic rings. The van der Waals surface area contributed by atoms with Crippen LogP contribution in [0.25, 0.3) is 0 Å². The minimum atomic E-state index is -0.589. The van der Waals surface area contributed by atoms with Crippen LogP contribution >= 0.6 is 0 Å². The van der Waals surface area contributed by atoms with Crippen LogP contribution < -0.4 is 5.32 Å². The lowest BCUT2D eigenvalue weighted by molar-refractivity contribution is 0.0600. The van der Waals surface area contributed by atoms with Gasteiger partial charge in [-0.25, -0.2) is 14.0 Å². The number of piperazine rings is 1. The number of nitrogens with one attached hydrogen (secondary N) is 1. The molecule has 1 aliphatic heterocycles. The van der Waals surface area contributed by atoms with E-state index in [9.17, 15) is 14.0 Å². The first kappa shape index (κ1) is 19.2. The van der Waals surface area contributed by atoms with Crippen LogP contribution in [0.2, 0.25) is 0 Å². The number of amides is 2. The highest BCUT2D eigenvalue weighted by Gasteiger charge is 2.23. The molecule has 7 heteroatoms. The fourth-order valence-electron chi connectivity index (χ4n) is 2.84. The molecule has 1 aromatic carbocycles. The fourth-order valence-corrected chi connectivity index (χ4v) is 2.84. The number of rotatable bonds is 5. The number of hydrogen-bond donors (Lipinski definition) is 1. The minimum absolute atomic E-state index is 0.0810. The lowest BCUT2D eigenvalue weighted by Crippen LogP contribution is -2.53. The molecule has 1 fully saturated rings. The Morgan fingerprint density at radius 2 is 1.96 bits per heavy atom. The van der Waals surface area contributed by atoms with E-state index >= 15 is 0 Å². The molecule has 1 atom stereocenters. The van der Waals surface area contributed by atoms with Crippen LogP contribution in [-0.4, -0.2) is 61.1 Å². The molecule has 6 nitrogen and oxygen atoms in total. The summed E-state index contributed by atoms with van der Waals surface area (Å²) in [6.07, 6.45) is 1.09. The fraction of sp³-hybridized carbons (Fsp3) is 0.556. The van der Waals surface area contributed by atoms with E-state index in [1.165, 1.54) is 19.2 Å². The molecule has 0 bridgehead atoms. The van der Waals surface area contributed by atoms with Crippen molar-refractivity contribution in [3.8, 4) is 0 Å². The highest BCUT2D eigenvalue weighted by atomic mass is 19.1. The molecule has 0 radical (unpaired) electrons. The molecule has 1 heterocycles. The SMILES string of the molecule is CCC(C)N1CCN(C(=O)NCc2ccc(C(=O)OC)cc2F)CC1. The van der Waals surface area contributed by atoms with Crippen molar-refractivity contribution < 1.29 is 18.7 Å². The summed E-state index contributed by atoms with van der Waals surface area (Å²) in [6.45, 7) is 7.47. The summed E-state index contributed by atoms with van der Waals surface area (Å²) >= 11 is 0. The highest BCUT2D eigenvalue weighted by Crippen LogP contribution is 2.12. The summed E-state index contributed by atoms with van der Waals surface area (Å²) in [5, 5.41) is 2.74. The number of hydrogen-bond acceptors (Lipinski definition) is 4. The second-order valence-electron chi connectivity index (χ2n) is 6.24. The maximum atomic E-state index is 14.0. The number of halogens is 1. The van der Waals surface area contributed by atoms with Crippen LogP contribution in [0.1, 0.15) is 36.2 Å². The Morgan fingerprint density at radius 1 is 1.28 bits per heavy atom. The normalized spacial score (nSPS) is 16.4. The predicted molar refractivity (Wildman–Crippen MR) is 92.9 cm³/mol. The van der Waals surface area contributed by atoms with Gasteiger partial charge in [-0.2, -0.15) is 0 Å². The summed E-state index contributed by atoms with van der Waals surface area (Å²) in [5.74, 6) is -1.13. The van der Waals surface area contributed by atoms with Crippen LogP contribution in [0.4, 0.5) is 9.18 Å². The van der Waals surface area contributed by atoms with Gasteiger partial charge in [-0.1, -0.05) is 13.0 Å². The zero-order valence-corrected chi connectivity index (χ0v) is 15.0. The van der Waals surface area contributed by atoms with E-state index in [2.05, 4.69) is 28.8 Å². The molecule has 1 unspecified atom stereocenters. The Hall–Kier alpha value is -2.15. The number of carbonyl (C=O) groups excluding carboxylic acids is 2. The molecule has 0 aliphatic carbocycles. The first-order valence-corrected chi connectivity index (χ1v) is 8.59. The Balaban J connectivity index is 1.85. The lowest BCUT2D eigenvalue weighted by atomic mass is 10.1. The summed E-state index contributed by atoms with van der Waals surface area (Å²) in [4.78, 5) is 27.7. The summed E-state index contributed by atoms with van der Waals surface area (Å²) in [7, 11) is 1.25. The van der Waals surface area contributed by atoms with E-state index < -0.39 is 11.8 Å². The van der Waals surface area contributed by atoms with E-state index in [0.29, 0.717) is 24.7 Å². The van der Waals surface area contributed by atoms with Gasteiger partial charge in [0.05, 0.1) is 12.7 Å². The van der Waals surface area contributed by atoms with Crippen LogP contribution in [0.15, 0.2) is 18.2 Å². The molecule has 0 saturated carbocycles. The van der Waals surface area contributed by atoms with E-state index in [-0.39, 0.29) is 18.1 Å². The van der Waals surface area contributed by atoms with Crippen LogP contribution in [0.5, 0.6) is 0 Å². The molecule has 138 valence electrons. The van der Waals surface area contributed by atoms with Crippen LogP contribution in [0.3, 0.4) is 0 Å². The average Bonchev–Trinajstić information content (AvgIpc) is 2.65. The Bertz CT molecular complexity index is 616. The van der Waals surface area contributed by atoms with Gasteiger partial charge in [-0.3, -0.25) is 4.90 Å². The van der Waals surface area contributed by atoms with E-state index in [0.717, 1.165) is 25.6 Å². The average molecular weight is 351 g/mol. The van der Waals surface area contributed by atoms with Gasteiger partial charge in [0.25, 0.3) is 0 Å². The second-order valence-corrected chi connectivity index (χ2v) is 6.24. The van der Waals surface area contributed by atoms with Crippen molar-refractivity contribution in [1.82, 2.24) is 15.1 Å². The standard InChI is InChI=1S/C18H26FN3O3/c1-4-13(2)21-7-9-22(10-8-21)18(24)20-12-15-6-5-14(11-16(15)19)17(23)25-3/h5-6,11,13H,4,7-10,12H2,1-3H3,(H,20,24). The van der Waals surface area contributed by atoms with E-state index in [4.69, 9.17) is 0 Å². The van der Waals surface area contributed by atoms with Crippen molar-refractivity contribution in [2.75, 3.05) is 33.3 Å². The largest absolute Gasteiger partial charge is 0.465 e. The number of ether oxygens (including phenoxy) is 1. The van der Waals surface area contributed by atoms with Gasteiger partial charge < -0.3 is 15.0 Å².